The fourth-order valence-electron chi connectivity index (χ4n) is 1.63. The van der Waals surface area contributed by atoms with E-state index < -0.39 is 6.10 Å². The van der Waals surface area contributed by atoms with Gasteiger partial charge < -0.3 is 5.11 Å². The molecule has 0 aliphatic carbocycles. The molecule has 1 aromatic carbocycles. The van der Waals surface area contributed by atoms with E-state index in [0.717, 1.165) is 22.7 Å². The zero-order valence-corrected chi connectivity index (χ0v) is 11.1. The predicted molar refractivity (Wildman–Crippen MR) is 71.6 cm³/mol. The lowest BCUT2D eigenvalue weighted by Crippen LogP contribution is -1.99. The van der Waals surface area contributed by atoms with Gasteiger partial charge in [-0.05, 0) is 31.0 Å². The van der Waals surface area contributed by atoms with Gasteiger partial charge in [-0.15, -0.1) is 11.3 Å². The van der Waals surface area contributed by atoms with Gasteiger partial charge in [-0.25, -0.2) is 4.98 Å². The van der Waals surface area contributed by atoms with Gasteiger partial charge in [-0.1, -0.05) is 23.7 Å². The average Bonchev–Trinajstić information content (AvgIpc) is 2.73. The molecule has 0 spiro atoms. The van der Waals surface area contributed by atoms with E-state index in [0.29, 0.717) is 11.4 Å². The molecule has 0 aliphatic rings. The van der Waals surface area contributed by atoms with Crippen molar-refractivity contribution in [2.75, 3.05) is 0 Å². The van der Waals surface area contributed by atoms with Crippen LogP contribution in [0.2, 0.25) is 5.02 Å². The fourth-order valence-corrected chi connectivity index (χ4v) is 2.55. The predicted octanol–water partition coefficient (Wildman–Crippen LogP) is 3.77. The summed E-state index contributed by atoms with van der Waals surface area (Å²) in [7, 11) is 0. The highest BCUT2D eigenvalue weighted by Crippen LogP contribution is 2.21. The van der Waals surface area contributed by atoms with Gasteiger partial charge in [-0.2, -0.15) is 0 Å². The van der Waals surface area contributed by atoms with Gasteiger partial charge in [0.05, 0.1) is 11.1 Å². The Bertz CT molecular complexity index is 480. The van der Waals surface area contributed by atoms with Crippen molar-refractivity contribution in [3.05, 3.63) is 50.9 Å². The van der Waals surface area contributed by atoms with Crippen LogP contribution in [0.1, 0.15) is 28.8 Å². The number of halogens is 1. The Morgan fingerprint density at radius 3 is 2.65 bits per heavy atom. The maximum absolute atomic E-state index is 10.0. The van der Waals surface area contributed by atoms with Crippen LogP contribution in [0.5, 0.6) is 0 Å². The number of rotatable bonds is 4. The molecule has 17 heavy (non-hydrogen) atoms. The van der Waals surface area contributed by atoms with E-state index in [2.05, 4.69) is 4.98 Å². The lowest BCUT2D eigenvalue weighted by Gasteiger charge is -2.09. The molecule has 2 rings (SSSR count). The molecule has 1 atom stereocenters. The summed E-state index contributed by atoms with van der Waals surface area (Å²) in [4.78, 5) is 4.38. The molecule has 2 nitrogen and oxygen atoms in total. The Kier molecular flexibility index (Phi) is 4.15. The Balaban J connectivity index is 1.93. The van der Waals surface area contributed by atoms with Crippen LogP contribution in [0, 0.1) is 6.92 Å². The number of aliphatic hydroxyl groups is 1. The second-order valence-electron chi connectivity index (χ2n) is 3.99. The van der Waals surface area contributed by atoms with Gasteiger partial charge in [0.15, 0.2) is 0 Å². The summed E-state index contributed by atoms with van der Waals surface area (Å²) in [6, 6.07) is 7.32. The van der Waals surface area contributed by atoms with Crippen molar-refractivity contribution in [3.63, 3.8) is 0 Å². The highest BCUT2D eigenvalue weighted by Gasteiger charge is 2.08. The summed E-state index contributed by atoms with van der Waals surface area (Å²) in [6.45, 7) is 1.98. The average molecular weight is 268 g/mol. The van der Waals surface area contributed by atoms with Crippen LogP contribution >= 0.6 is 22.9 Å². The Labute approximate surface area is 110 Å². The topological polar surface area (TPSA) is 33.1 Å². The summed E-state index contributed by atoms with van der Waals surface area (Å²) in [5, 5.41) is 13.8. The van der Waals surface area contributed by atoms with Gasteiger partial charge in [0.25, 0.3) is 0 Å². The molecule has 0 saturated heterocycles. The maximum Gasteiger partial charge on any atom is 0.0929 e. The summed E-state index contributed by atoms with van der Waals surface area (Å²) in [6.07, 6.45) is 1.05. The minimum Gasteiger partial charge on any atom is -0.388 e. The maximum atomic E-state index is 10.0. The zero-order chi connectivity index (χ0) is 12.3. The number of benzene rings is 1. The fraction of sp³-hybridized carbons (Fsp3) is 0.308. The largest absolute Gasteiger partial charge is 0.388 e. The molecule has 0 aliphatic heterocycles. The van der Waals surface area contributed by atoms with E-state index in [1.54, 1.807) is 23.5 Å². The Morgan fingerprint density at radius 2 is 2.06 bits per heavy atom. The SMILES string of the molecule is Cc1csc(CCC(O)c2ccc(Cl)cc2)n1. The van der Waals surface area contributed by atoms with Crippen LogP contribution in [-0.2, 0) is 6.42 Å². The van der Waals surface area contributed by atoms with Gasteiger partial charge in [-0.3, -0.25) is 0 Å². The van der Waals surface area contributed by atoms with Gasteiger partial charge >= 0.3 is 0 Å². The van der Waals surface area contributed by atoms with Gasteiger partial charge in [0, 0.05) is 22.5 Å². The van der Waals surface area contributed by atoms with E-state index in [1.165, 1.54) is 0 Å². The van der Waals surface area contributed by atoms with Crippen LogP contribution in [0.4, 0.5) is 0 Å². The molecule has 0 fully saturated rings. The molecule has 0 saturated carbocycles. The van der Waals surface area contributed by atoms with E-state index in [-0.39, 0.29) is 0 Å². The number of aliphatic hydroxyl groups excluding tert-OH is 1. The molecule has 1 heterocycles. The molecule has 1 aromatic heterocycles. The van der Waals surface area contributed by atoms with E-state index in [4.69, 9.17) is 11.6 Å². The number of aromatic nitrogens is 1. The van der Waals surface area contributed by atoms with Crippen LogP contribution < -0.4 is 0 Å². The molecule has 0 radical (unpaired) electrons. The third kappa shape index (κ3) is 3.53. The van der Waals surface area contributed by atoms with Crippen molar-refractivity contribution in [1.29, 1.82) is 0 Å². The first-order valence-corrected chi connectivity index (χ1v) is 6.75. The molecule has 0 bridgehead atoms. The molecular formula is C13H14ClNOS. The van der Waals surface area contributed by atoms with Crippen LogP contribution in [0.25, 0.3) is 0 Å². The van der Waals surface area contributed by atoms with Crippen molar-refractivity contribution < 1.29 is 5.11 Å². The van der Waals surface area contributed by atoms with E-state index in [9.17, 15) is 5.11 Å². The molecule has 1 N–H and O–H groups in total. The molecule has 2 aromatic rings. The lowest BCUT2D eigenvalue weighted by atomic mass is 10.1. The number of aryl methyl sites for hydroxylation is 2. The first-order chi connectivity index (χ1) is 8.15. The Morgan fingerprint density at radius 1 is 1.35 bits per heavy atom. The lowest BCUT2D eigenvalue weighted by molar-refractivity contribution is 0.168. The summed E-state index contributed by atoms with van der Waals surface area (Å²) >= 11 is 7.45. The first-order valence-electron chi connectivity index (χ1n) is 5.49. The Hall–Kier alpha value is -0.900. The second-order valence-corrected chi connectivity index (χ2v) is 5.37. The van der Waals surface area contributed by atoms with E-state index in [1.807, 2.05) is 24.4 Å². The number of thiazole rings is 1. The standard InChI is InChI=1S/C13H14ClNOS/c1-9-8-17-13(15-9)7-6-12(16)10-2-4-11(14)5-3-10/h2-5,8,12,16H,6-7H2,1H3. The minimum atomic E-state index is -0.448. The quantitative estimate of drug-likeness (QED) is 0.915. The van der Waals surface area contributed by atoms with Crippen molar-refractivity contribution in [2.45, 2.75) is 25.9 Å². The van der Waals surface area contributed by atoms with Gasteiger partial charge in [0.2, 0.25) is 0 Å². The zero-order valence-electron chi connectivity index (χ0n) is 9.56. The van der Waals surface area contributed by atoms with Crippen LogP contribution in [0.15, 0.2) is 29.6 Å². The van der Waals surface area contributed by atoms with Crippen molar-refractivity contribution in [3.8, 4) is 0 Å². The summed E-state index contributed by atoms with van der Waals surface area (Å²) in [5.74, 6) is 0. The van der Waals surface area contributed by atoms with Crippen LogP contribution in [0.3, 0.4) is 0 Å². The van der Waals surface area contributed by atoms with Crippen LogP contribution in [-0.4, -0.2) is 10.1 Å². The third-order valence-electron chi connectivity index (χ3n) is 2.55. The molecule has 0 amide bonds. The third-order valence-corrected chi connectivity index (χ3v) is 3.83. The summed E-state index contributed by atoms with van der Waals surface area (Å²) in [5.41, 5.74) is 1.95. The smallest absolute Gasteiger partial charge is 0.0929 e. The van der Waals surface area contributed by atoms with Crippen molar-refractivity contribution in [1.82, 2.24) is 4.98 Å². The molecule has 90 valence electrons. The highest BCUT2D eigenvalue weighted by atomic mass is 35.5. The molecule has 4 heteroatoms. The normalized spacial score (nSPS) is 12.6. The number of nitrogens with zero attached hydrogens (tertiary/aromatic N) is 1. The second kappa shape index (κ2) is 5.63. The van der Waals surface area contributed by atoms with Crippen molar-refractivity contribution >= 4 is 22.9 Å². The number of hydrogen-bond donors (Lipinski definition) is 1. The first kappa shape index (κ1) is 12.6. The van der Waals surface area contributed by atoms with Gasteiger partial charge in [0.1, 0.15) is 0 Å². The molecular weight excluding hydrogens is 254 g/mol. The van der Waals surface area contributed by atoms with E-state index >= 15 is 0 Å². The highest BCUT2D eigenvalue weighted by molar-refractivity contribution is 7.09. The monoisotopic (exact) mass is 267 g/mol. The number of hydrogen-bond acceptors (Lipinski definition) is 3. The summed E-state index contributed by atoms with van der Waals surface area (Å²) < 4.78 is 0. The minimum absolute atomic E-state index is 0.448. The van der Waals surface area contributed by atoms with Crippen molar-refractivity contribution in [2.24, 2.45) is 0 Å². The molecule has 1 unspecified atom stereocenters.